The van der Waals surface area contributed by atoms with Gasteiger partial charge in [-0.15, -0.1) is 6.58 Å². The molecule has 1 aromatic rings. The highest BCUT2D eigenvalue weighted by Crippen LogP contribution is 2.65. The Kier molecular flexibility index (Phi) is 6.29. The number of halogens is 1. The Morgan fingerprint density at radius 1 is 1.41 bits per heavy atom. The SMILES string of the molecule is C=CCN(C(=O)C1N(CCCO)C(=O)[C@@H]2[C@H](C(=O)O)[C@@]3(C)OC12CC3C)c1c(C)cccc1Cl. The Morgan fingerprint density at radius 2 is 2.12 bits per heavy atom. The monoisotopic (exact) mass is 490 g/mol. The van der Waals surface area contributed by atoms with Crippen molar-refractivity contribution >= 4 is 35.1 Å². The molecule has 184 valence electrons. The summed E-state index contributed by atoms with van der Waals surface area (Å²) in [7, 11) is 0. The quantitative estimate of drug-likeness (QED) is 0.542. The van der Waals surface area contributed by atoms with Crippen LogP contribution in [-0.2, 0) is 19.1 Å². The number of nitrogens with zero attached hydrogens (tertiary/aromatic N) is 2. The number of aliphatic carboxylic acids is 1. The number of carbonyl (C=O) groups excluding carboxylic acids is 2. The van der Waals surface area contributed by atoms with Crippen LogP contribution in [0.5, 0.6) is 0 Å². The van der Waals surface area contributed by atoms with Gasteiger partial charge in [0.2, 0.25) is 5.91 Å². The maximum absolute atomic E-state index is 14.3. The summed E-state index contributed by atoms with van der Waals surface area (Å²) in [5, 5.41) is 19.9. The minimum absolute atomic E-state index is 0.119. The van der Waals surface area contributed by atoms with Crippen LogP contribution in [0.4, 0.5) is 5.69 Å². The second-order valence-corrected chi connectivity index (χ2v) is 10.2. The molecule has 0 aromatic heterocycles. The average molecular weight is 491 g/mol. The Labute approximate surface area is 204 Å². The Bertz CT molecular complexity index is 1030. The number of aryl methyl sites for hydroxylation is 1. The fourth-order valence-electron chi connectivity index (χ4n) is 6.41. The van der Waals surface area contributed by atoms with E-state index in [0.29, 0.717) is 17.1 Å². The molecule has 2 bridgehead atoms. The summed E-state index contributed by atoms with van der Waals surface area (Å²) in [5.74, 6) is -4.11. The van der Waals surface area contributed by atoms with Crippen molar-refractivity contribution in [3.05, 3.63) is 41.4 Å². The van der Waals surface area contributed by atoms with Gasteiger partial charge in [-0.2, -0.15) is 0 Å². The summed E-state index contributed by atoms with van der Waals surface area (Å²) in [6, 6.07) is 4.29. The summed E-state index contributed by atoms with van der Waals surface area (Å²) in [6.45, 7) is 9.37. The first-order valence-corrected chi connectivity index (χ1v) is 11.9. The molecule has 34 heavy (non-hydrogen) atoms. The number of fused-ring (bicyclic) bond motifs is 1. The number of hydrogen-bond donors (Lipinski definition) is 2. The van der Waals surface area contributed by atoms with Crippen LogP contribution in [0.25, 0.3) is 0 Å². The van der Waals surface area contributed by atoms with E-state index < -0.39 is 46.9 Å². The maximum atomic E-state index is 14.3. The van der Waals surface area contributed by atoms with Gasteiger partial charge in [0.1, 0.15) is 17.6 Å². The van der Waals surface area contributed by atoms with Crippen molar-refractivity contribution in [3.8, 4) is 0 Å². The lowest BCUT2D eigenvalue weighted by molar-refractivity contribution is -0.156. The Morgan fingerprint density at radius 3 is 2.71 bits per heavy atom. The zero-order chi connectivity index (χ0) is 25.0. The molecule has 1 aromatic carbocycles. The number of para-hydroxylation sites is 1. The minimum atomic E-state index is -1.27. The number of ether oxygens (including phenoxy) is 1. The molecule has 2 amide bonds. The third-order valence-corrected chi connectivity index (χ3v) is 8.21. The summed E-state index contributed by atoms with van der Waals surface area (Å²) in [4.78, 5) is 43.3. The molecule has 6 atom stereocenters. The Hall–Kier alpha value is -2.42. The van der Waals surface area contributed by atoms with Crippen LogP contribution in [0.3, 0.4) is 0 Å². The zero-order valence-corrected chi connectivity index (χ0v) is 20.4. The standard InChI is InChI=1S/C25H31ClN2O6/c1-5-10-27(19-14(2)8-6-9-16(19)26)22(31)20-25-13-15(3)24(4,34-25)18(23(32)33)17(25)21(30)28(20)11-7-12-29/h5-6,8-9,15,17-18,20,29H,1,7,10-13H2,2-4H3,(H,32,33)/t15?,17-,18+,20?,24-,25?/m0/s1. The van der Waals surface area contributed by atoms with Gasteiger partial charge >= 0.3 is 5.97 Å². The van der Waals surface area contributed by atoms with Gasteiger partial charge in [0.05, 0.1) is 22.2 Å². The molecule has 0 radical (unpaired) electrons. The van der Waals surface area contributed by atoms with E-state index in [-0.39, 0.29) is 32.0 Å². The van der Waals surface area contributed by atoms with Gasteiger partial charge in [0.15, 0.2) is 0 Å². The highest BCUT2D eigenvalue weighted by molar-refractivity contribution is 6.34. The molecule has 3 aliphatic heterocycles. The molecule has 0 saturated carbocycles. The molecule has 3 aliphatic rings. The van der Waals surface area contributed by atoms with Gasteiger partial charge in [0, 0.05) is 19.7 Å². The summed E-state index contributed by atoms with van der Waals surface area (Å²) >= 11 is 6.51. The van der Waals surface area contributed by atoms with Crippen LogP contribution in [0, 0.1) is 24.7 Å². The molecular formula is C25H31ClN2O6. The number of amides is 2. The van der Waals surface area contributed by atoms with Crippen molar-refractivity contribution in [2.45, 2.75) is 50.9 Å². The lowest BCUT2D eigenvalue weighted by Gasteiger charge is -2.37. The number of aliphatic hydroxyl groups excluding tert-OH is 1. The van der Waals surface area contributed by atoms with E-state index in [1.54, 1.807) is 25.1 Å². The minimum Gasteiger partial charge on any atom is -0.481 e. The van der Waals surface area contributed by atoms with E-state index in [4.69, 9.17) is 16.3 Å². The topological polar surface area (TPSA) is 107 Å². The number of carbonyl (C=O) groups is 3. The van der Waals surface area contributed by atoms with Crippen LogP contribution in [-0.4, -0.2) is 69.8 Å². The van der Waals surface area contributed by atoms with E-state index >= 15 is 0 Å². The first-order chi connectivity index (χ1) is 16.0. The summed E-state index contributed by atoms with van der Waals surface area (Å²) in [5.41, 5.74) is -1.03. The Balaban J connectivity index is 1.86. The molecule has 3 fully saturated rings. The van der Waals surface area contributed by atoms with Gasteiger partial charge < -0.3 is 24.7 Å². The lowest BCUT2D eigenvalue weighted by Crippen LogP contribution is -2.57. The average Bonchev–Trinajstić information content (AvgIpc) is 3.28. The van der Waals surface area contributed by atoms with Crippen molar-refractivity contribution in [2.24, 2.45) is 17.8 Å². The molecule has 3 unspecified atom stereocenters. The second kappa shape index (κ2) is 8.66. The molecule has 4 rings (SSSR count). The zero-order valence-electron chi connectivity index (χ0n) is 19.7. The van der Waals surface area contributed by atoms with E-state index in [2.05, 4.69) is 6.58 Å². The smallest absolute Gasteiger partial charge is 0.310 e. The summed E-state index contributed by atoms with van der Waals surface area (Å²) in [6.07, 6.45) is 2.23. The van der Waals surface area contributed by atoms with Crippen LogP contribution in [0.2, 0.25) is 5.02 Å². The van der Waals surface area contributed by atoms with E-state index in [1.807, 2.05) is 19.9 Å². The number of carboxylic acids is 1. The van der Waals surface area contributed by atoms with Crippen molar-refractivity contribution in [1.82, 2.24) is 4.90 Å². The highest BCUT2D eigenvalue weighted by atomic mass is 35.5. The normalized spacial score (nSPS) is 33.8. The molecular weight excluding hydrogens is 460 g/mol. The predicted molar refractivity (Wildman–Crippen MR) is 127 cm³/mol. The fraction of sp³-hybridized carbons (Fsp3) is 0.560. The number of rotatable bonds is 8. The van der Waals surface area contributed by atoms with Crippen molar-refractivity contribution in [3.63, 3.8) is 0 Å². The third kappa shape index (κ3) is 3.30. The van der Waals surface area contributed by atoms with E-state index in [0.717, 1.165) is 5.56 Å². The van der Waals surface area contributed by atoms with Crippen LogP contribution < -0.4 is 4.90 Å². The first-order valence-electron chi connectivity index (χ1n) is 11.6. The molecule has 8 nitrogen and oxygen atoms in total. The number of likely N-dealkylation sites (tertiary alicyclic amines) is 1. The van der Waals surface area contributed by atoms with Gasteiger partial charge in [-0.3, -0.25) is 14.4 Å². The van der Waals surface area contributed by atoms with Crippen LogP contribution in [0.1, 0.15) is 32.3 Å². The number of anilines is 1. The van der Waals surface area contributed by atoms with E-state index in [1.165, 1.54) is 9.80 Å². The first kappa shape index (κ1) is 24.7. The summed E-state index contributed by atoms with van der Waals surface area (Å²) < 4.78 is 6.48. The van der Waals surface area contributed by atoms with Gasteiger partial charge in [-0.1, -0.05) is 36.7 Å². The third-order valence-electron chi connectivity index (χ3n) is 7.91. The van der Waals surface area contributed by atoms with Crippen LogP contribution in [0.15, 0.2) is 30.9 Å². The van der Waals surface area contributed by atoms with Gasteiger partial charge in [-0.05, 0) is 44.2 Å². The van der Waals surface area contributed by atoms with Crippen LogP contribution >= 0.6 is 11.6 Å². The highest BCUT2D eigenvalue weighted by Gasteiger charge is 2.80. The lowest BCUT2D eigenvalue weighted by atomic mass is 9.62. The largest absolute Gasteiger partial charge is 0.481 e. The molecule has 9 heteroatoms. The fourth-order valence-corrected chi connectivity index (χ4v) is 6.73. The second-order valence-electron chi connectivity index (χ2n) is 9.79. The number of carboxylic acid groups (broad SMARTS) is 1. The molecule has 1 spiro atoms. The number of benzene rings is 1. The van der Waals surface area contributed by atoms with Crippen molar-refractivity contribution in [1.29, 1.82) is 0 Å². The molecule has 2 N–H and O–H groups in total. The maximum Gasteiger partial charge on any atom is 0.310 e. The van der Waals surface area contributed by atoms with Crippen molar-refractivity contribution < 1.29 is 29.3 Å². The van der Waals surface area contributed by atoms with E-state index in [9.17, 15) is 24.6 Å². The van der Waals surface area contributed by atoms with Crippen molar-refractivity contribution in [2.75, 3.05) is 24.6 Å². The van der Waals surface area contributed by atoms with Gasteiger partial charge in [-0.25, -0.2) is 0 Å². The predicted octanol–water partition coefficient (Wildman–Crippen LogP) is 2.65. The molecule has 0 aliphatic carbocycles. The number of aliphatic hydroxyl groups is 1. The number of hydrogen-bond acceptors (Lipinski definition) is 5. The molecule has 3 saturated heterocycles. The molecule has 3 heterocycles. The van der Waals surface area contributed by atoms with Gasteiger partial charge in [0.25, 0.3) is 5.91 Å².